The van der Waals surface area contributed by atoms with Gasteiger partial charge < -0.3 is 114 Å². The van der Waals surface area contributed by atoms with Crippen LogP contribution in [0.5, 0.6) is 0 Å². The minimum absolute atomic E-state index is 0.0489. The summed E-state index contributed by atoms with van der Waals surface area (Å²) >= 11 is 0. The van der Waals surface area contributed by atoms with Crippen molar-refractivity contribution >= 4 is 5.97 Å². The molecule has 10 aliphatic rings. The normalized spacial score (nSPS) is 57.2. The molecule has 24 nitrogen and oxygen atoms in total. The predicted molar refractivity (Wildman–Crippen MR) is 272 cm³/mol. The van der Waals surface area contributed by atoms with E-state index in [0.717, 1.165) is 0 Å². The number of aliphatic hydroxyl groups excluding tert-OH is 13. The second-order valence-corrected chi connectivity index (χ2v) is 27.2. The van der Waals surface area contributed by atoms with Crippen molar-refractivity contribution in [3.05, 3.63) is 12.2 Å². The Morgan fingerprint density at radius 1 is 0.575 bits per heavy atom. The molecule has 24 heteroatoms. The molecule has 5 aliphatic heterocycles. The molecule has 13 N–H and O–H groups in total. The van der Waals surface area contributed by atoms with Crippen LogP contribution < -0.4 is 0 Å². The predicted octanol–water partition coefficient (Wildman–Crippen LogP) is -2.01. The Morgan fingerprint density at radius 3 is 1.79 bits per heavy atom. The molecule has 10 rings (SSSR count). The number of carbonyl (C=O) groups excluding carboxylic acids is 1. The molecule has 80 heavy (non-hydrogen) atoms. The van der Waals surface area contributed by atoms with Gasteiger partial charge in [0.25, 0.3) is 0 Å². The van der Waals surface area contributed by atoms with E-state index in [0.29, 0.717) is 51.6 Å². The fraction of sp³-hybridized carbons (Fsp3) is 0.946. The Labute approximate surface area is 466 Å². The van der Waals surface area contributed by atoms with Crippen LogP contribution in [0, 0.1) is 50.2 Å². The molecule has 5 aliphatic carbocycles. The van der Waals surface area contributed by atoms with Crippen LogP contribution in [0.15, 0.2) is 12.2 Å². The number of hydrogen-bond donors (Lipinski definition) is 13. The minimum atomic E-state index is -2.03. The van der Waals surface area contributed by atoms with E-state index < -0.39 is 181 Å². The number of allylic oxidation sites excluding steroid dienone is 1. The molecule has 458 valence electrons. The van der Waals surface area contributed by atoms with Gasteiger partial charge in [-0.3, -0.25) is 4.79 Å². The Morgan fingerprint density at radius 2 is 1.15 bits per heavy atom. The van der Waals surface area contributed by atoms with Gasteiger partial charge in [0, 0.05) is 34.5 Å². The lowest BCUT2D eigenvalue weighted by atomic mass is 9.32. The maximum Gasteiger partial charge on any atom is 0.302 e. The van der Waals surface area contributed by atoms with Crippen LogP contribution in [-0.2, 0) is 52.2 Å². The van der Waals surface area contributed by atoms with Gasteiger partial charge in [0.2, 0.25) is 0 Å². The Hall–Kier alpha value is -1.67. The van der Waals surface area contributed by atoms with Crippen LogP contribution in [0.3, 0.4) is 0 Å². The fourth-order valence-corrected chi connectivity index (χ4v) is 17.6. The average Bonchev–Trinajstić information content (AvgIpc) is 3.91. The number of esters is 1. The second-order valence-electron chi connectivity index (χ2n) is 27.2. The quantitative estimate of drug-likeness (QED) is 0.0571. The molecular formula is C56H90O24. The third-order valence-electron chi connectivity index (χ3n) is 22.6. The van der Waals surface area contributed by atoms with Crippen LogP contribution in [0.25, 0.3) is 0 Å². The molecule has 0 radical (unpaired) electrons. The summed E-state index contributed by atoms with van der Waals surface area (Å²) in [6, 6.07) is 0. The summed E-state index contributed by atoms with van der Waals surface area (Å²) in [6.07, 6.45) is -26.7. The van der Waals surface area contributed by atoms with Gasteiger partial charge in [-0.25, -0.2) is 0 Å². The highest BCUT2D eigenvalue weighted by Gasteiger charge is 2.80. The summed E-state index contributed by atoms with van der Waals surface area (Å²) in [7, 11) is 0. The van der Waals surface area contributed by atoms with Crippen molar-refractivity contribution in [3.8, 4) is 0 Å². The molecule has 1 spiro atoms. The highest BCUT2D eigenvalue weighted by molar-refractivity contribution is 5.66. The smallest absolute Gasteiger partial charge is 0.302 e. The number of fused-ring (bicyclic) bond motifs is 4. The number of carbonyl (C=O) groups is 1. The van der Waals surface area contributed by atoms with Gasteiger partial charge in [0.05, 0.1) is 56.4 Å². The third-order valence-corrected chi connectivity index (χ3v) is 22.6. The van der Waals surface area contributed by atoms with Crippen molar-refractivity contribution in [1.29, 1.82) is 0 Å². The van der Waals surface area contributed by atoms with Gasteiger partial charge in [-0.05, 0) is 81.5 Å². The molecule has 5 heterocycles. The zero-order valence-corrected chi connectivity index (χ0v) is 47.2. The second kappa shape index (κ2) is 21.6. The Kier molecular flexibility index (Phi) is 16.6. The molecule has 0 aromatic heterocycles. The van der Waals surface area contributed by atoms with Crippen molar-refractivity contribution in [2.24, 2.45) is 50.2 Å². The number of ether oxygens (including phenoxy) is 10. The van der Waals surface area contributed by atoms with Gasteiger partial charge in [-0.2, -0.15) is 0 Å². The van der Waals surface area contributed by atoms with E-state index in [9.17, 15) is 71.2 Å². The van der Waals surface area contributed by atoms with Gasteiger partial charge in [0.15, 0.2) is 25.2 Å². The fourth-order valence-electron chi connectivity index (χ4n) is 17.6. The van der Waals surface area contributed by atoms with E-state index in [1.165, 1.54) is 20.8 Å². The summed E-state index contributed by atoms with van der Waals surface area (Å²) in [4.78, 5) is 12.4. The maximum absolute atomic E-state index is 12.5. The lowest BCUT2D eigenvalue weighted by molar-refractivity contribution is -0.403. The van der Waals surface area contributed by atoms with Gasteiger partial charge >= 0.3 is 5.97 Å². The molecule has 0 amide bonds. The zero-order chi connectivity index (χ0) is 58.4. The summed E-state index contributed by atoms with van der Waals surface area (Å²) in [6.45, 7) is 15.8. The summed E-state index contributed by atoms with van der Waals surface area (Å²) in [5.41, 5.74) is -4.09. The number of aliphatic hydroxyl groups is 13. The molecule has 2 bridgehead atoms. The lowest BCUT2D eigenvalue weighted by Gasteiger charge is -2.73. The van der Waals surface area contributed by atoms with Crippen molar-refractivity contribution in [2.75, 3.05) is 26.4 Å². The molecule has 9 fully saturated rings. The zero-order valence-electron chi connectivity index (χ0n) is 47.2. The Balaban J connectivity index is 0.934. The average molecular weight is 1150 g/mol. The highest BCUT2D eigenvalue weighted by Crippen LogP contribution is 2.79. The first-order chi connectivity index (χ1) is 37.4. The summed E-state index contributed by atoms with van der Waals surface area (Å²) < 4.78 is 62.4. The summed E-state index contributed by atoms with van der Waals surface area (Å²) in [5, 5.41) is 144. The molecule has 5 saturated heterocycles. The van der Waals surface area contributed by atoms with Crippen LogP contribution in [0.1, 0.15) is 107 Å². The maximum atomic E-state index is 12.5. The van der Waals surface area contributed by atoms with Crippen LogP contribution >= 0.6 is 0 Å². The van der Waals surface area contributed by atoms with Crippen molar-refractivity contribution < 1.29 is 119 Å². The van der Waals surface area contributed by atoms with Crippen molar-refractivity contribution in [2.45, 2.75) is 254 Å². The van der Waals surface area contributed by atoms with Gasteiger partial charge in [-0.15, -0.1) is 0 Å². The topological polar surface area (TPSA) is 372 Å². The van der Waals surface area contributed by atoms with Crippen molar-refractivity contribution in [1.82, 2.24) is 0 Å². The van der Waals surface area contributed by atoms with E-state index in [-0.39, 0.29) is 41.8 Å². The number of hydrogen-bond acceptors (Lipinski definition) is 24. The van der Waals surface area contributed by atoms with E-state index >= 15 is 0 Å². The van der Waals surface area contributed by atoms with Gasteiger partial charge in [-0.1, -0.05) is 53.7 Å². The molecule has 32 atom stereocenters. The van der Waals surface area contributed by atoms with Crippen LogP contribution in [-0.4, -0.2) is 246 Å². The van der Waals surface area contributed by atoms with E-state index in [1.807, 2.05) is 6.92 Å². The molecule has 1 unspecified atom stereocenters. The van der Waals surface area contributed by atoms with Crippen LogP contribution in [0.2, 0.25) is 0 Å². The molecule has 4 saturated carbocycles. The minimum Gasteiger partial charge on any atom is -0.462 e. The lowest BCUT2D eigenvalue weighted by Crippen LogP contribution is -2.73. The first-order valence-electron chi connectivity index (χ1n) is 28.8. The standard InChI is InChI=1S/C56H90O24/c1-23-34(62)37(65)40(68)46(72-23)78-43-27(20-58)76-48(42(70)39(43)67)79-44-35(63)24(2)73-49(45(44)80-47-41(69)38(66)36(64)26(19-57)75-47)77-32-12-13-51(6)28(52(32,7)21-59)10-14-53(8)29(51)11-15-56-30-16-50(4,5)33(74-25(3)60)18-55(30,22-71-56)31(61)17-54(53,56)9/h11,15,23-24,26-49,57-59,61-70H,10,12-14,16-22H2,1-9H3/t23-,24+,26+,27+,28?,29+,30+,31-,32-,33-,34-,35-,36+,37+,38-,39+,40+,41+,42+,43+,44-,45+,46-,47-,48-,49-,51-,52-,53+,54-,55+,56-/m0/s1. The monoisotopic (exact) mass is 1150 g/mol. The largest absolute Gasteiger partial charge is 0.462 e. The van der Waals surface area contributed by atoms with Gasteiger partial charge in [0.1, 0.15) is 91.6 Å². The van der Waals surface area contributed by atoms with Crippen molar-refractivity contribution in [3.63, 3.8) is 0 Å². The molecule has 0 aromatic carbocycles. The SMILES string of the molecule is CC(=O)O[C@H]1C[C@]23CO[C@@]4(C=C[C@@H]5[C@@]6(C)CC[C@H](O[C@@H]7O[C@H](C)[C@H](O)[C@H](O[C@@H]8O[C@H](CO)[C@@H](O[C@@H]9O[C@@H](C)[C@H](O)[C@@H](O)[C@H]9O)[C@H](O)[C@H]8O)[C@H]7O[C@@H]7O[C@H](CO)[C@@H](O)[C@H](O)[C@H]7O)[C@@](C)(CO)C6CC[C@@]5(C)[C@]4(C)C[C@@H]2O)[C@@H]3CC1(C)C. The van der Waals surface area contributed by atoms with E-state index in [4.69, 9.17) is 47.4 Å². The van der Waals surface area contributed by atoms with Crippen LogP contribution in [0.4, 0.5) is 0 Å². The third kappa shape index (κ3) is 9.17. The summed E-state index contributed by atoms with van der Waals surface area (Å²) in [5.74, 6) is -0.643. The first kappa shape index (κ1) is 61.4. The van der Waals surface area contributed by atoms with E-state index in [1.54, 1.807) is 0 Å². The highest BCUT2D eigenvalue weighted by atomic mass is 16.8. The molecule has 0 aromatic rings. The molecular weight excluding hydrogens is 1060 g/mol. The number of rotatable bonds is 12. The Bertz CT molecular complexity index is 2260. The van der Waals surface area contributed by atoms with E-state index in [2.05, 4.69) is 46.8 Å². The first-order valence-corrected chi connectivity index (χ1v) is 28.8.